The minimum atomic E-state index is 0.422. The number of hydrogen-bond acceptors (Lipinski definition) is 12. The average molecular weight is 1290 g/mol. The Kier molecular flexibility index (Phi) is 13.1. The number of benzene rings is 8. The summed E-state index contributed by atoms with van der Waals surface area (Å²) in [7, 11) is 9.68. The van der Waals surface area contributed by atoms with E-state index in [9.17, 15) is 0 Å². The van der Waals surface area contributed by atoms with Gasteiger partial charge in [0.2, 0.25) is 0 Å². The molecule has 0 fully saturated rings. The van der Waals surface area contributed by atoms with Crippen molar-refractivity contribution in [3.05, 3.63) is 194 Å². The van der Waals surface area contributed by atoms with Crippen molar-refractivity contribution >= 4 is 147 Å². The quantitative estimate of drug-likeness (QED) is 0.104. The second-order valence-electron chi connectivity index (χ2n) is 19.6. The SMILES string of the molecule is [Cl][GaH2].[Cl][InH2].c1ccc2c(c1)-c1nc-2nc2[nH]c(nc3nc(nc4[nH]c(n1)c1ccccc41)-c1ccccc1-3)c1ccccc21.c1ccc2c(c1)-c1nc-2nc2[nH]c(nc3nc(nc4[nH]c(n1)c1ccccc41)-c1ccccc1-3)c1ccccc21. The summed E-state index contributed by atoms with van der Waals surface area (Å²) in [5.41, 5.74) is 12.9. The molecular weight excluding hydrogens is 1250 g/mol. The summed E-state index contributed by atoms with van der Waals surface area (Å²) in [6.45, 7) is 0. The van der Waals surface area contributed by atoms with Crippen LogP contribution in [0, 0.1) is 0 Å². The first-order valence-electron chi connectivity index (χ1n) is 26.7. The van der Waals surface area contributed by atoms with E-state index in [0.717, 1.165) is 87.6 Å². The molecule has 0 radical (unpaired) electrons. The Morgan fingerprint density at radius 3 is 0.452 bits per heavy atom. The van der Waals surface area contributed by atoms with E-state index < -0.39 is 0 Å². The van der Waals surface area contributed by atoms with Crippen LogP contribution >= 0.6 is 18.2 Å². The molecule has 0 atom stereocenters. The van der Waals surface area contributed by atoms with Crippen LogP contribution in [0.1, 0.15) is 0 Å². The van der Waals surface area contributed by atoms with Crippen molar-refractivity contribution in [1.29, 1.82) is 0 Å². The molecule has 0 saturated carbocycles. The molecule has 10 heterocycles. The van der Waals surface area contributed by atoms with Crippen LogP contribution in [0.2, 0.25) is 0 Å². The predicted octanol–water partition coefficient (Wildman–Crippen LogP) is 13.3. The summed E-state index contributed by atoms with van der Waals surface area (Å²) < 4.78 is 0. The average Bonchev–Trinajstić information content (AvgIpc) is 2.41. The maximum atomic E-state index is 5.02. The Labute approximate surface area is 508 Å². The van der Waals surface area contributed by atoms with Gasteiger partial charge in [0, 0.05) is 87.6 Å². The van der Waals surface area contributed by atoms with Crippen LogP contribution in [0.5, 0.6) is 0 Å². The molecule has 0 unspecified atom stereocenters. The summed E-state index contributed by atoms with van der Waals surface area (Å²) in [5, 5.41) is 7.64. The summed E-state index contributed by atoms with van der Waals surface area (Å²) >= 11 is 0.957. The summed E-state index contributed by atoms with van der Waals surface area (Å²) in [4.78, 5) is 73.5. The van der Waals surface area contributed by atoms with Crippen LogP contribution in [-0.4, -0.2) is 121 Å². The molecule has 6 aromatic heterocycles. The minimum Gasteiger partial charge on any atom is -0.324 e. The Morgan fingerprint density at radius 2 is 0.321 bits per heavy atom. The molecular formula is C64H40Cl2GaInN16. The largest absolute Gasteiger partial charge is 0.324 e. The first-order valence-corrected chi connectivity index (χ1v) is 39.5. The normalized spacial score (nSPS) is 11.5. The molecule has 8 aromatic carbocycles. The van der Waals surface area contributed by atoms with Gasteiger partial charge in [-0.05, 0) is 0 Å². The van der Waals surface area contributed by atoms with Crippen molar-refractivity contribution < 1.29 is 0 Å². The van der Waals surface area contributed by atoms with E-state index in [2.05, 4.69) is 19.9 Å². The zero-order valence-electron chi connectivity index (χ0n) is 44.6. The maximum absolute atomic E-state index is 5.02. The molecule has 396 valence electrons. The second-order valence-corrected chi connectivity index (χ2v) is 19.6. The van der Waals surface area contributed by atoms with E-state index in [0.29, 0.717) is 133 Å². The van der Waals surface area contributed by atoms with Crippen molar-refractivity contribution in [3.63, 3.8) is 0 Å². The number of nitrogens with one attached hydrogen (secondary N) is 4. The zero-order valence-corrected chi connectivity index (χ0v) is 56.0. The van der Waals surface area contributed by atoms with Gasteiger partial charge in [-0.1, -0.05) is 194 Å². The van der Waals surface area contributed by atoms with Gasteiger partial charge in [0.15, 0.2) is 46.6 Å². The third-order valence-electron chi connectivity index (χ3n) is 14.9. The number of fused-ring (bicyclic) bond motifs is 40. The van der Waals surface area contributed by atoms with Gasteiger partial charge in [-0.15, -0.1) is 0 Å². The van der Waals surface area contributed by atoms with Crippen LogP contribution in [0.4, 0.5) is 0 Å². The fraction of sp³-hybridized carbons (Fsp3) is 0. The number of aromatic nitrogens is 16. The molecule has 4 N–H and O–H groups in total. The molecule has 4 aliphatic rings. The number of H-pyrrole nitrogens is 4. The topological polar surface area (TPSA) is 218 Å². The van der Waals surface area contributed by atoms with Gasteiger partial charge in [0.1, 0.15) is 45.2 Å². The summed E-state index contributed by atoms with van der Waals surface area (Å²) in [6.07, 6.45) is 0. The third-order valence-corrected chi connectivity index (χ3v) is 14.9. The molecule has 14 aromatic rings. The van der Waals surface area contributed by atoms with E-state index in [1.54, 1.807) is 0 Å². The van der Waals surface area contributed by atoms with E-state index in [1.165, 1.54) is 0 Å². The van der Waals surface area contributed by atoms with E-state index in [1.807, 2.05) is 194 Å². The predicted molar refractivity (Wildman–Crippen MR) is 341 cm³/mol. The van der Waals surface area contributed by atoms with Crippen molar-refractivity contribution in [2.45, 2.75) is 0 Å². The summed E-state index contributed by atoms with van der Waals surface area (Å²) in [5.74, 6) is 4.78. The molecule has 16 bridgehead atoms. The van der Waals surface area contributed by atoms with E-state index >= 15 is 0 Å². The molecule has 16 nitrogen and oxygen atoms in total. The van der Waals surface area contributed by atoms with E-state index in [-0.39, 0.29) is 0 Å². The molecule has 20 heteroatoms. The summed E-state index contributed by atoms with van der Waals surface area (Å²) in [6, 6.07) is 64.5. The number of nitrogens with zero attached hydrogens (tertiary/aromatic N) is 12. The monoisotopic (exact) mass is 1290 g/mol. The van der Waals surface area contributed by atoms with Gasteiger partial charge in [-0.2, -0.15) is 0 Å². The van der Waals surface area contributed by atoms with Gasteiger partial charge in [-0.3, -0.25) is 0 Å². The van der Waals surface area contributed by atoms with Crippen molar-refractivity contribution in [1.82, 2.24) is 79.7 Å². The fourth-order valence-corrected chi connectivity index (χ4v) is 11.2. The molecule has 84 heavy (non-hydrogen) atoms. The number of hydrogen-bond donors (Lipinski definition) is 4. The molecule has 0 saturated heterocycles. The smallest absolute Gasteiger partial charge is 0.164 e. The van der Waals surface area contributed by atoms with Crippen LogP contribution < -0.4 is 0 Å². The van der Waals surface area contributed by atoms with Crippen LogP contribution in [0.15, 0.2) is 194 Å². The van der Waals surface area contributed by atoms with Gasteiger partial charge in [0.25, 0.3) is 0 Å². The molecule has 0 amide bonds. The number of aromatic amines is 4. The first kappa shape index (κ1) is 51.4. The van der Waals surface area contributed by atoms with Gasteiger partial charge < -0.3 is 19.9 Å². The number of rotatable bonds is 0. The van der Waals surface area contributed by atoms with Gasteiger partial charge in [0.05, 0.1) is 0 Å². The van der Waals surface area contributed by atoms with Crippen molar-refractivity contribution in [2.75, 3.05) is 0 Å². The zero-order chi connectivity index (χ0) is 56.4. The second kappa shape index (κ2) is 21.4. The molecule has 18 rings (SSSR count). The fourth-order valence-electron chi connectivity index (χ4n) is 11.2. The molecule has 4 aliphatic heterocycles. The van der Waals surface area contributed by atoms with E-state index in [4.69, 9.17) is 78.0 Å². The van der Waals surface area contributed by atoms with Gasteiger partial charge >= 0.3 is 59.0 Å². The Morgan fingerprint density at radius 1 is 0.202 bits per heavy atom. The Bertz CT molecular complexity index is 4420. The van der Waals surface area contributed by atoms with Gasteiger partial charge in [-0.25, -0.2) is 59.8 Å². The Balaban J connectivity index is 0.000000135. The van der Waals surface area contributed by atoms with Crippen molar-refractivity contribution in [3.8, 4) is 91.1 Å². The number of halogens is 2. The third kappa shape index (κ3) is 8.71. The molecule has 0 aliphatic carbocycles. The van der Waals surface area contributed by atoms with Crippen LogP contribution in [-0.2, 0) is 0 Å². The maximum Gasteiger partial charge on any atom is 0.164 e. The van der Waals surface area contributed by atoms with Crippen molar-refractivity contribution in [2.24, 2.45) is 0 Å². The van der Waals surface area contributed by atoms with Crippen LogP contribution in [0.3, 0.4) is 0 Å². The Hall–Kier alpha value is -9.43. The minimum absolute atomic E-state index is 0.422. The standard InChI is InChI=1S/2C32H18N8.2ClH.Ga.In.4H/c2*1-2-10-18-17(9-1)25-33-26(18)38-28-21-13-5-6-14-22(21)30(35-28)40-32-24-16-8-7-15-23(24)31(36-32)39-29-20-12-4-3-11-19(20)27(34-29)37-25;;;;;;;;/h2*1-16H,(H2,33,34,35,36,37,38,39,40);2*1H;;;;;;/q;;;;2*+1;;;;/p-2. The van der Waals surface area contributed by atoms with Crippen LogP contribution in [0.25, 0.3) is 179 Å². The first-order chi connectivity index (χ1) is 41.6. The molecule has 0 spiro atoms.